The van der Waals surface area contributed by atoms with E-state index in [0.29, 0.717) is 5.92 Å². The highest BCUT2D eigenvalue weighted by molar-refractivity contribution is 9.11. The summed E-state index contributed by atoms with van der Waals surface area (Å²) in [5.41, 5.74) is 3.65. The van der Waals surface area contributed by atoms with Crippen LogP contribution in [-0.4, -0.2) is 23.9 Å². The van der Waals surface area contributed by atoms with Crippen LogP contribution < -0.4 is 0 Å². The molecule has 1 N–H and O–H groups in total. The first-order valence-electron chi connectivity index (χ1n) is 8.41. The Kier molecular flexibility index (Phi) is 5.73. The van der Waals surface area contributed by atoms with Crippen molar-refractivity contribution in [2.75, 3.05) is 6.61 Å². The number of unbranched alkanes of at least 4 members (excludes halogenated alkanes) is 1. The van der Waals surface area contributed by atoms with E-state index in [1.807, 2.05) is 6.08 Å². The number of halogens is 1. The van der Waals surface area contributed by atoms with Crippen LogP contribution in [0.15, 0.2) is 33.4 Å². The highest BCUT2D eigenvalue weighted by Gasteiger charge is 2.40. The molecule has 2 atom stereocenters. The molecule has 0 fully saturated rings. The van der Waals surface area contributed by atoms with E-state index >= 15 is 0 Å². The van der Waals surface area contributed by atoms with Gasteiger partial charge in [-0.3, -0.25) is 0 Å². The first-order valence-corrected chi connectivity index (χ1v) is 9.20. The van der Waals surface area contributed by atoms with Crippen LogP contribution in [0.2, 0.25) is 0 Å². The van der Waals surface area contributed by atoms with Crippen molar-refractivity contribution in [1.82, 2.24) is 0 Å². The zero-order valence-electron chi connectivity index (χ0n) is 14.4. The van der Waals surface area contributed by atoms with Crippen molar-refractivity contribution in [3.63, 3.8) is 0 Å². The van der Waals surface area contributed by atoms with Gasteiger partial charge in [0.05, 0.1) is 12.2 Å². The molecular weight excluding hydrogens is 340 g/mol. The lowest BCUT2D eigenvalue weighted by atomic mass is 9.66. The number of aliphatic hydroxyl groups is 1. The van der Waals surface area contributed by atoms with Crippen molar-refractivity contribution in [3.05, 3.63) is 33.4 Å². The van der Waals surface area contributed by atoms with Crippen LogP contribution in [0.5, 0.6) is 0 Å². The van der Waals surface area contributed by atoms with Gasteiger partial charge in [-0.05, 0) is 29.6 Å². The van der Waals surface area contributed by atoms with Crippen LogP contribution in [0.3, 0.4) is 0 Å². The van der Waals surface area contributed by atoms with Crippen molar-refractivity contribution < 1.29 is 9.84 Å². The van der Waals surface area contributed by atoms with E-state index in [-0.39, 0.29) is 11.5 Å². The molecule has 2 aliphatic carbocycles. The average Bonchev–Trinajstić information content (AvgIpc) is 2.44. The minimum atomic E-state index is -0.426. The Morgan fingerprint density at radius 2 is 2.09 bits per heavy atom. The Hall–Kier alpha value is -0.380. The van der Waals surface area contributed by atoms with Gasteiger partial charge in [0, 0.05) is 22.9 Å². The van der Waals surface area contributed by atoms with E-state index in [2.05, 4.69) is 56.6 Å². The van der Waals surface area contributed by atoms with Gasteiger partial charge in [-0.25, -0.2) is 0 Å². The van der Waals surface area contributed by atoms with Crippen LogP contribution in [0, 0.1) is 11.3 Å². The topological polar surface area (TPSA) is 29.5 Å². The number of allylic oxidation sites excluding steroid dienone is 3. The van der Waals surface area contributed by atoms with Crippen LogP contribution >= 0.6 is 15.9 Å². The standard InChI is InChI=1S/C19H29BrO2/c1-6-7-8-22-17-11-15-14(9-16(17)20)13(12(2)3)10-18(21)19(15,4)5/h9-10,12,17-18,21H,6-8,11H2,1-5H3. The van der Waals surface area contributed by atoms with Crippen LogP contribution in [0.25, 0.3) is 0 Å². The SMILES string of the molecule is CCCCOC1CC2=C(C=C1Br)C(C(C)C)=CC(O)C2(C)C. The summed E-state index contributed by atoms with van der Waals surface area (Å²) in [6.45, 7) is 11.6. The van der Waals surface area contributed by atoms with Crippen LogP contribution in [-0.2, 0) is 4.74 Å². The summed E-state index contributed by atoms with van der Waals surface area (Å²) in [6.07, 6.45) is 7.02. The van der Waals surface area contributed by atoms with Gasteiger partial charge in [0.2, 0.25) is 0 Å². The van der Waals surface area contributed by atoms with Gasteiger partial charge in [0.25, 0.3) is 0 Å². The van der Waals surface area contributed by atoms with Crippen LogP contribution in [0.4, 0.5) is 0 Å². The van der Waals surface area contributed by atoms with Crippen LogP contribution in [0.1, 0.15) is 53.9 Å². The van der Waals surface area contributed by atoms with Gasteiger partial charge in [-0.15, -0.1) is 0 Å². The third kappa shape index (κ3) is 3.42. The molecule has 0 bridgehead atoms. The molecule has 2 unspecified atom stereocenters. The minimum Gasteiger partial charge on any atom is -0.388 e. The minimum absolute atomic E-state index is 0.0864. The second kappa shape index (κ2) is 7.02. The number of hydrogen-bond donors (Lipinski definition) is 1. The summed E-state index contributed by atoms with van der Waals surface area (Å²) in [5, 5.41) is 10.6. The quantitative estimate of drug-likeness (QED) is 0.681. The molecule has 0 saturated heterocycles. The molecule has 2 aliphatic rings. The molecule has 0 radical (unpaired) electrons. The summed E-state index contributed by atoms with van der Waals surface area (Å²) in [7, 11) is 0. The second-order valence-corrected chi connectivity index (χ2v) is 8.20. The molecular formula is C19H29BrO2. The number of rotatable bonds is 5. The highest BCUT2D eigenvalue weighted by Crippen LogP contribution is 2.48. The van der Waals surface area contributed by atoms with Crippen molar-refractivity contribution in [3.8, 4) is 0 Å². The van der Waals surface area contributed by atoms with Gasteiger partial charge in [0.1, 0.15) is 0 Å². The zero-order chi connectivity index (χ0) is 16.5. The van der Waals surface area contributed by atoms with Gasteiger partial charge >= 0.3 is 0 Å². The summed E-state index contributed by atoms with van der Waals surface area (Å²) in [6, 6.07) is 0. The third-order valence-electron chi connectivity index (χ3n) is 4.91. The Morgan fingerprint density at radius 1 is 1.41 bits per heavy atom. The molecule has 0 aromatic carbocycles. The molecule has 0 aliphatic heterocycles. The molecule has 3 heteroatoms. The predicted octanol–water partition coefficient (Wildman–Crippen LogP) is 5.13. The van der Waals surface area contributed by atoms with E-state index in [0.717, 1.165) is 30.4 Å². The van der Waals surface area contributed by atoms with E-state index in [1.54, 1.807) is 0 Å². The fourth-order valence-electron chi connectivity index (χ4n) is 3.24. The maximum Gasteiger partial charge on any atom is 0.0927 e. The zero-order valence-corrected chi connectivity index (χ0v) is 16.0. The van der Waals surface area contributed by atoms with Gasteiger partial charge in [0.15, 0.2) is 0 Å². The molecule has 0 spiro atoms. The summed E-state index contributed by atoms with van der Waals surface area (Å²) < 4.78 is 7.18. The van der Waals surface area contributed by atoms with E-state index in [4.69, 9.17) is 4.74 Å². The summed E-state index contributed by atoms with van der Waals surface area (Å²) >= 11 is 3.71. The lowest BCUT2D eigenvalue weighted by molar-refractivity contribution is 0.0640. The third-order valence-corrected chi connectivity index (χ3v) is 5.65. The Morgan fingerprint density at radius 3 is 2.68 bits per heavy atom. The number of ether oxygens (including phenoxy) is 1. The van der Waals surface area contributed by atoms with Crippen molar-refractivity contribution in [2.45, 2.75) is 66.1 Å². The van der Waals surface area contributed by atoms with Crippen molar-refractivity contribution in [2.24, 2.45) is 11.3 Å². The lowest BCUT2D eigenvalue weighted by Gasteiger charge is -2.42. The van der Waals surface area contributed by atoms with Crippen molar-refractivity contribution >= 4 is 15.9 Å². The monoisotopic (exact) mass is 368 g/mol. The summed E-state index contributed by atoms with van der Waals surface area (Å²) in [5.74, 6) is 0.407. The van der Waals surface area contributed by atoms with E-state index in [1.165, 1.54) is 16.7 Å². The fourth-order valence-corrected chi connectivity index (χ4v) is 3.76. The lowest BCUT2D eigenvalue weighted by Crippen LogP contribution is -2.37. The number of hydrogen-bond acceptors (Lipinski definition) is 2. The molecule has 0 heterocycles. The predicted molar refractivity (Wildman–Crippen MR) is 96.0 cm³/mol. The largest absolute Gasteiger partial charge is 0.388 e. The Labute approximate surface area is 143 Å². The van der Waals surface area contributed by atoms with E-state index in [9.17, 15) is 5.11 Å². The molecule has 2 nitrogen and oxygen atoms in total. The Bertz CT molecular complexity index is 512. The highest BCUT2D eigenvalue weighted by atomic mass is 79.9. The summed E-state index contributed by atoms with van der Waals surface area (Å²) in [4.78, 5) is 0. The molecule has 0 aromatic heterocycles. The maximum atomic E-state index is 10.6. The number of aliphatic hydroxyl groups excluding tert-OH is 1. The molecule has 0 saturated carbocycles. The van der Waals surface area contributed by atoms with Gasteiger partial charge < -0.3 is 9.84 Å². The van der Waals surface area contributed by atoms with Gasteiger partial charge in [-0.2, -0.15) is 0 Å². The molecule has 0 amide bonds. The van der Waals surface area contributed by atoms with E-state index < -0.39 is 6.10 Å². The first-order chi connectivity index (χ1) is 10.3. The average molecular weight is 369 g/mol. The Balaban J connectivity index is 2.33. The molecule has 124 valence electrons. The van der Waals surface area contributed by atoms with Gasteiger partial charge in [-0.1, -0.05) is 68.6 Å². The first kappa shape index (κ1) is 18.0. The second-order valence-electron chi connectivity index (χ2n) is 7.28. The molecule has 0 aromatic rings. The maximum absolute atomic E-state index is 10.6. The smallest absolute Gasteiger partial charge is 0.0927 e. The molecule has 22 heavy (non-hydrogen) atoms. The normalized spacial score (nSPS) is 27.6. The van der Waals surface area contributed by atoms with Crippen molar-refractivity contribution in [1.29, 1.82) is 0 Å². The fraction of sp³-hybridized carbons (Fsp3) is 0.684. The molecule has 2 rings (SSSR count).